The molecule has 4 heteroatoms. The van der Waals surface area contributed by atoms with Gasteiger partial charge >= 0.3 is 0 Å². The first-order valence-corrected chi connectivity index (χ1v) is 4.97. The number of H-pyrrole nitrogens is 1. The van der Waals surface area contributed by atoms with Crippen LogP contribution in [0.25, 0.3) is 22.3 Å². The molecule has 1 aromatic carbocycles. The summed E-state index contributed by atoms with van der Waals surface area (Å²) in [6.07, 6.45) is 3.32. The van der Waals surface area contributed by atoms with Gasteiger partial charge in [-0.05, 0) is 18.2 Å². The van der Waals surface area contributed by atoms with Crippen molar-refractivity contribution in [2.24, 2.45) is 0 Å². The molecule has 0 amide bonds. The van der Waals surface area contributed by atoms with Gasteiger partial charge in [-0.2, -0.15) is 0 Å². The topological polar surface area (TPSA) is 67.6 Å². The number of hydrogen-bond acceptors (Lipinski definition) is 3. The zero-order valence-corrected chi connectivity index (χ0v) is 8.51. The number of nitrogens with two attached hydrogens (primary N) is 1. The van der Waals surface area contributed by atoms with Crippen LogP contribution in [0.3, 0.4) is 0 Å². The summed E-state index contributed by atoms with van der Waals surface area (Å²) in [5.41, 5.74) is 9.40. The highest BCUT2D eigenvalue weighted by Gasteiger charge is 2.03. The van der Waals surface area contributed by atoms with Crippen LogP contribution in [0.5, 0.6) is 0 Å². The number of benzene rings is 1. The first-order chi connectivity index (χ1) is 7.83. The average molecular weight is 210 g/mol. The van der Waals surface area contributed by atoms with Gasteiger partial charge in [-0.1, -0.05) is 12.1 Å². The van der Waals surface area contributed by atoms with Gasteiger partial charge in [0, 0.05) is 28.5 Å². The van der Waals surface area contributed by atoms with Gasteiger partial charge in [-0.25, -0.2) is 9.97 Å². The molecule has 0 atom stereocenters. The number of nitrogens with zero attached hydrogens (tertiary/aromatic N) is 2. The van der Waals surface area contributed by atoms with Crippen LogP contribution < -0.4 is 5.73 Å². The smallest absolute Gasteiger partial charge is 0.141 e. The van der Waals surface area contributed by atoms with Crippen LogP contribution in [-0.2, 0) is 0 Å². The summed E-state index contributed by atoms with van der Waals surface area (Å²) in [6, 6.07) is 9.75. The SMILES string of the molecule is Nc1cccc(-c2cc3cncnc3[nH]2)c1. The minimum absolute atomic E-state index is 0.752. The van der Waals surface area contributed by atoms with Crippen molar-refractivity contribution in [2.45, 2.75) is 0 Å². The summed E-state index contributed by atoms with van der Waals surface area (Å²) >= 11 is 0. The fourth-order valence-corrected chi connectivity index (χ4v) is 1.73. The van der Waals surface area contributed by atoms with E-state index in [9.17, 15) is 0 Å². The molecule has 0 fully saturated rings. The molecule has 2 aromatic heterocycles. The summed E-state index contributed by atoms with van der Waals surface area (Å²) in [7, 11) is 0. The highest BCUT2D eigenvalue weighted by molar-refractivity contribution is 5.82. The van der Waals surface area contributed by atoms with E-state index in [2.05, 4.69) is 15.0 Å². The number of aromatic amines is 1. The molecule has 0 bridgehead atoms. The van der Waals surface area contributed by atoms with Gasteiger partial charge < -0.3 is 10.7 Å². The third-order valence-corrected chi connectivity index (χ3v) is 2.49. The highest BCUT2D eigenvalue weighted by Crippen LogP contribution is 2.23. The van der Waals surface area contributed by atoms with Crippen molar-refractivity contribution < 1.29 is 0 Å². The Morgan fingerprint density at radius 3 is 2.94 bits per heavy atom. The fraction of sp³-hybridized carbons (Fsp3) is 0. The van der Waals surface area contributed by atoms with E-state index in [0.717, 1.165) is 28.0 Å². The van der Waals surface area contributed by atoms with Gasteiger partial charge in [-0.3, -0.25) is 0 Å². The molecule has 0 saturated carbocycles. The molecule has 0 spiro atoms. The van der Waals surface area contributed by atoms with Crippen molar-refractivity contribution in [3.63, 3.8) is 0 Å². The number of fused-ring (bicyclic) bond motifs is 1. The molecule has 0 unspecified atom stereocenters. The molecular weight excluding hydrogens is 200 g/mol. The summed E-state index contributed by atoms with van der Waals surface area (Å²) < 4.78 is 0. The molecule has 78 valence electrons. The number of nitrogens with one attached hydrogen (secondary N) is 1. The van der Waals surface area contributed by atoms with Crippen molar-refractivity contribution in [3.05, 3.63) is 42.9 Å². The maximum atomic E-state index is 5.75. The first kappa shape index (κ1) is 8.91. The van der Waals surface area contributed by atoms with E-state index in [0.29, 0.717) is 0 Å². The molecule has 0 aliphatic rings. The summed E-state index contributed by atoms with van der Waals surface area (Å²) in [5.74, 6) is 0. The van der Waals surface area contributed by atoms with Gasteiger partial charge in [0.2, 0.25) is 0 Å². The zero-order chi connectivity index (χ0) is 11.0. The van der Waals surface area contributed by atoms with E-state index in [1.807, 2.05) is 30.3 Å². The van der Waals surface area contributed by atoms with Crippen molar-refractivity contribution in [3.8, 4) is 11.3 Å². The second-order valence-electron chi connectivity index (χ2n) is 3.64. The second kappa shape index (κ2) is 3.34. The Morgan fingerprint density at radius 2 is 2.12 bits per heavy atom. The maximum absolute atomic E-state index is 5.75. The van der Waals surface area contributed by atoms with E-state index < -0.39 is 0 Å². The summed E-state index contributed by atoms with van der Waals surface area (Å²) in [6.45, 7) is 0. The molecule has 2 heterocycles. The van der Waals surface area contributed by atoms with Crippen molar-refractivity contribution in [1.29, 1.82) is 0 Å². The Hall–Kier alpha value is -2.36. The van der Waals surface area contributed by atoms with E-state index >= 15 is 0 Å². The van der Waals surface area contributed by atoms with Crippen molar-refractivity contribution in [2.75, 3.05) is 5.73 Å². The molecule has 3 rings (SSSR count). The molecule has 0 aliphatic carbocycles. The van der Waals surface area contributed by atoms with Crippen LogP contribution in [0.4, 0.5) is 5.69 Å². The minimum atomic E-state index is 0.752. The van der Waals surface area contributed by atoms with Crippen LogP contribution >= 0.6 is 0 Å². The molecule has 16 heavy (non-hydrogen) atoms. The number of rotatable bonds is 1. The number of nitrogen functional groups attached to an aromatic ring is 1. The number of anilines is 1. The third-order valence-electron chi connectivity index (χ3n) is 2.49. The lowest BCUT2D eigenvalue weighted by Gasteiger charge is -1.98. The summed E-state index contributed by atoms with van der Waals surface area (Å²) in [5, 5.41) is 1.000. The van der Waals surface area contributed by atoms with Crippen LogP contribution in [0.2, 0.25) is 0 Å². The first-order valence-electron chi connectivity index (χ1n) is 4.97. The molecular formula is C12H10N4. The maximum Gasteiger partial charge on any atom is 0.141 e. The Morgan fingerprint density at radius 1 is 1.19 bits per heavy atom. The largest absolute Gasteiger partial charge is 0.399 e. The second-order valence-corrected chi connectivity index (χ2v) is 3.64. The predicted molar refractivity (Wildman–Crippen MR) is 63.7 cm³/mol. The lowest BCUT2D eigenvalue weighted by atomic mass is 10.1. The Balaban J connectivity index is 2.19. The molecule has 0 saturated heterocycles. The summed E-state index contributed by atoms with van der Waals surface area (Å²) in [4.78, 5) is 11.4. The van der Waals surface area contributed by atoms with Crippen LogP contribution in [0.15, 0.2) is 42.9 Å². The monoisotopic (exact) mass is 210 g/mol. The lowest BCUT2D eigenvalue weighted by molar-refractivity contribution is 1.20. The van der Waals surface area contributed by atoms with E-state index in [1.54, 1.807) is 6.20 Å². The van der Waals surface area contributed by atoms with E-state index in [-0.39, 0.29) is 0 Å². The van der Waals surface area contributed by atoms with Gasteiger partial charge in [-0.15, -0.1) is 0 Å². The third kappa shape index (κ3) is 1.40. The normalized spacial score (nSPS) is 10.8. The Labute approximate surface area is 92.2 Å². The zero-order valence-electron chi connectivity index (χ0n) is 8.51. The van der Waals surface area contributed by atoms with Gasteiger partial charge in [0.25, 0.3) is 0 Å². The lowest BCUT2D eigenvalue weighted by Crippen LogP contribution is -1.84. The standard InChI is InChI=1S/C12H10N4/c13-10-3-1-2-8(4-10)11-5-9-6-14-7-15-12(9)16-11/h1-7H,13H2,(H,14,15,16). The Bertz CT molecular complexity index is 609. The van der Waals surface area contributed by atoms with Crippen LogP contribution in [-0.4, -0.2) is 15.0 Å². The predicted octanol–water partition coefficient (Wildman–Crippen LogP) is 2.21. The van der Waals surface area contributed by atoms with E-state index in [4.69, 9.17) is 5.73 Å². The van der Waals surface area contributed by atoms with Gasteiger partial charge in [0.05, 0.1) is 0 Å². The molecule has 4 nitrogen and oxygen atoms in total. The molecule has 3 aromatic rings. The van der Waals surface area contributed by atoms with Gasteiger partial charge in [0.1, 0.15) is 12.0 Å². The molecule has 0 radical (unpaired) electrons. The molecule has 0 aliphatic heterocycles. The van der Waals surface area contributed by atoms with Gasteiger partial charge in [0.15, 0.2) is 0 Å². The van der Waals surface area contributed by atoms with Crippen molar-refractivity contribution in [1.82, 2.24) is 15.0 Å². The fourth-order valence-electron chi connectivity index (χ4n) is 1.73. The highest BCUT2D eigenvalue weighted by atomic mass is 14.9. The Kier molecular flexibility index (Phi) is 1.86. The van der Waals surface area contributed by atoms with Crippen LogP contribution in [0.1, 0.15) is 0 Å². The average Bonchev–Trinajstić information content (AvgIpc) is 2.72. The quantitative estimate of drug-likeness (QED) is 0.605. The van der Waals surface area contributed by atoms with Crippen LogP contribution in [0, 0.1) is 0 Å². The van der Waals surface area contributed by atoms with Crippen molar-refractivity contribution >= 4 is 16.7 Å². The minimum Gasteiger partial charge on any atom is -0.399 e. The molecule has 3 N–H and O–H groups in total. The number of hydrogen-bond donors (Lipinski definition) is 2. The number of aromatic nitrogens is 3. The van der Waals surface area contributed by atoms with E-state index in [1.165, 1.54) is 6.33 Å².